The van der Waals surface area contributed by atoms with Crippen molar-refractivity contribution >= 4 is 40.7 Å². The Bertz CT molecular complexity index is 437. The highest BCUT2D eigenvalue weighted by molar-refractivity contribution is 6.76. The Labute approximate surface area is 132 Å². The Morgan fingerprint density at radius 3 is 2.65 bits per heavy atom. The van der Waals surface area contributed by atoms with Crippen LogP contribution in [0.2, 0.25) is 0 Å². The third kappa shape index (κ3) is 2.64. The Kier molecular flexibility index (Phi) is 3.68. The van der Waals surface area contributed by atoms with Crippen LogP contribution >= 0.6 is 34.8 Å². The first-order valence-corrected chi connectivity index (χ1v) is 7.60. The number of ether oxygens (including phenoxy) is 4. The second-order valence-corrected chi connectivity index (χ2v) is 8.02. The summed E-state index contributed by atoms with van der Waals surface area (Å²) < 4.78 is 21.2. The minimum Gasteiger partial charge on any atom is -0.446 e. The smallest absolute Gasteiger partial charge is 0.266 e. The molecule has 0 amide bonds. The monoisotopic (exact) mass is 343 g/mol. The maximum atomic E-state index is 5.95. The van der Waals surface area contributed by atoms with Crippen molar-refractivity contribution in [3.63, 3.8) is 0 Å². The average molecular weight is 345 g/mol. The summed E-state index contributed by atoms with van der Waals surface area (Å²) in [6.45, 7) is 6.23. The molecule has 2 fully saturated rings. The van der Waals surface area contributed by atoms with Gasteiger partial charge in [0.05, 0.1) is 12.7 Å². The summed E-state index contributed by atoms with van der Waals surface area (Å²) in [6.07, 6.45) is -0.878. The number of fused-ring (bicyclic) bond motifs is 2. The van der Waals surface area contributed by atoms with E-state index in [4.69, 9.17) is 53.8 Å². The van der Waals surface area contributed by atoms with E-state index in [1.165, 1.54) is 0 Å². The minimum atomic E-state index is -1.68. The van der Waals surface area contributed by atoms with Crippen LogP contribution in [0.3, 0.4) is 0 Å². The van der Waals surface area contributed by atoms with Gasteiger partial charge in [-0.05, 0) is 13.8 Å². The Hall–Kier alpha value is 0.220. The number of nitrogens with zero attached hydrogens (tertiary/aromatic N) is 1. The quantitative estimate of drug-likeness (QED) is 0.634. The molecule has 3 aliphatic heterocycles. The van der Waals surface area contributed by atoms with Gasteiger partial charge in [-0.3, -0.25) is 0 Å². The van der Waals surface area contributed by atoms with Gasteiger partial charge in [-0.1, -0.05) is 41.7 Å². The lowest BCUT2D eigenvalue weighted by Crippen LogP contribution is -2.60. The van der Waals surface area contributed by atoms with E-state index in [9.17, 15) is 0 Å². The number of aliphatic imine (C=N–C) groups is 1. The molecule has 20 heavy (non-hydrogen) atoms. The van der Waals surface area contributed by atoms with E-state index in [2.05, 4.69) is 4.99 Å². The first-order chi connectivity index (χ1) is 9.17. The van der Waals surface area contributed by atoms with Crippen molar-refractivity contribution < 1.29 is 18.9 Å². The molecule has 0 bridgehead atoms. The summed E-state index contributed by atoms with van der Waals surface area (Å²) in [5.74, 6) is -0.484. The molecule has 2 unspecified atom stereocenters. The summed E-state index contributed by atoms with van der Waals surface area (Å²) in [4.78, 5) is 4.35. The van der Waals surface area contributed by atoms with Crippen molar-refractivity contribution in [1.82, 2.24) is 0 Å². The molecule has 3 rings (SSSR count). The highest BCUT2D eigenvalue weighted by Crippen LogP contribution is 2.42. The summed E-state index contributed by atoms with van der Waals surface area (Å²) >= 11 is 17.4. The molecule has 5 nitrogen and oxygen atoms in total. The zero-order valence-electron chi connectivity index (χ0n) is 11.3. The van der Waals surface area contributed by atoms with Gasteiger partial charge in [-0.25, -0.2) is 4.99 Å². The van der Waals surface area contributed by atoms with Crippen molar-refractivity contribution in [3.05, 3.63) is 0 Å². The Morgan fingerprint density at radius 1 is 1.30 bits per heavy atom. The van der Waals surface area contributed by atoms with Crippen molar-refractivity contribution in [2.45, 2.75) is 54.9 Å². The van der Waals surface area contributed by atoms with Crippen LogP contribution in [-0.2, 0) is 18.9 Å². The lowest BCUT2D eigenvalue weighted by molar-refractivity contribution is -0.351. The fourth-order valence-corrected chi connectivity index (χ4v) is 3.04. The maximum Gasteiger partial charge on any atom is 0.266 e. The third-order valence-electron chi connectivity index (χ3n) is 3.76. The zero-order chi connectivity index (χ0) is 14.7. The Morgan fingerprint density at radius 2 is 2.00 bits per heavy atom. The van der Waals surface area contributed by atoms with E-state index in [0.29, 0.717) is 6.61 Å². The molecule has 0 N–H and O–H groups in total. The Balaban J connectivity index is 1.81. The number of hydrogen-bond donors (Lipinski definition) is 0. The molecule has 0 aliphatic carbocycles. The molecule has 0 saturated carbocycles. The lowest BCUT2D eigenvalue weighted by Gasteiger charge is -2.48. The van der Waals surface area contributed by atoms with Crippen LogP contribution in [0.15, 0.2) is 4.99 Å². The van der Waals surface area contributed by atoms with Gasteiger partial charge < -0.3 is 18.9 Å². The van der Waals surface area contributed by atoms with Crippen molar-refractivity contribution in [2.24, 2.45) is 10.9 Å². The van der Waals surface area contributed by atoms with Crippen molar-refractivity contribution in [2.75, 3.05) is 6.61 Å². The van der Waals surface area contributed by atoms with Gasteiger partial charge in [0.2, 0.25) is 12.2 Å². The first-order valence-electron chi connectivity index (χ1n) is 6.46. The van der Waals surface area contributed by atoms with E-state index in [0.717, 1.165) is 0 Å². The molecule has 114 valence electrons. The minimum absolute atomic E-state index is 0.0724. The highest BCUT2D eigenvalue weighted by Gasteiger charge is 2.54. The molecule has 0 aromatic heterocycles. The summed E-state index contributed by atoms with van der Waals surface area (Å²) in [5.41, 5.74) is 0. The predicted octanol–water partition coefficient (Wildman–Crippen LogP) is 2.67. The number of alkyl halides is 3. The van der Waals surface area contributed by atoms with Gasteiger partial charge in [0, 0.05) is 5.92 Å². The van der Waals surface area contributed by atoms with Crippen LogP contribution in [0, 0.1) is 5.92 Å². The molecule has 0 aromatic carbocycles. The van der Waals surface area contributed by atoms with Gasteiger partial charge in [-0.15, -0.1) is 0 Å². The third-order valence-corrected chi connectivity index (χ3v) is 4.25. The average Bonchev–Trinajstić information content (AvgIpc) is 2.74. The lowest BCUT2D eigenvalue weighted by atomic mass is 9.88. The van der Waals surface area contributed by atoms with E-state index in [1.807, 2.05) is 20.8 Å². The fourth-order valence-electron chi connectivity index (χ4n) is 2.76. The van der Waals surface area contributed by atoms with E-state index in [-0.39, 0.29) is 30.1 Å². The van der Waals surface area contributed by atoms with Gasteiger partial charge in [0.1, 0.15) is 12.1 Å². The van der Waals surface area contributed by atoms with E-state index in [1.54, 1.807) is 0 Å². The van der Waals surface area contributed by atoms with Crippen LogP contribution in [0.4, 0.5) is 0 Å². The number of rotatable bonds is 0. The van der Waals surface area contributed by atoms with Crippen LogP contribution in [0.25, 0.3) is 0 Å². The van der Waals surface area contributed by atoms with Crippen LogP contribution < -0.4 is 0 Å². The SMILES string of the molecule is C[C@@H]1C2N=C(C(Cl)(Cl)Cl)O[C@@H]2OC2COC(C)(C)O[C@@H]21. The standard InChI is InChI=1S/C12H16Cl3NO4/c1-5-7-9(19-10(16-7)12(13,14)15)18-6-4-17-11(2,3)20-8(5)6/h5-9H,4H2,1-3H3/t5-,6?,7?,8-,9+/m1/s1. The number of hydrogen-bond acceptors (Lipinski definition) is 5. The zero-order valence-corrected chi connectivity index (χ0v) is 13.6. The molecule has 3 heterocycles. The predicted molar refractivity (Wildman–Crippen MR) is 75.3 cm³/mol. The van der Waals surface area contributed by atoms with E-state index >= 15 is 0 Å². The van der Waals surface area contributed by atoms with Crippen molar-refractivity contribution in [3.8, 4) is 0 Å². The molecular weight excluding hydrogens is 328 g/mol. The molecule has 2 saturated heterocycles. The summed E-state index contributed by atoms with van der Waals surface area (Å²) in [7, 11) is 0. The van der Waals surface area contributed by atoms with E-state index < -0.39 is 15.9 Å². The van der Waals surface area contributed by atoms with Crippen molar-refractivity contribution in [1.29, 1.82) is 0 Å². The first kappa shape index (κ1) is 15.1. The van der Waals surface area contributed by atoms with Gasteiger partial charge in [-0.2, -0.15) is 0 Å². The molecule has 5 atom stereocenters. The number of halogens is 3. The maximum absolute atomic E-state index is 5.95. The molecular formula is C12H16Cl3NO4. The van der Waals surface area contributed by atoms with Crippen LogP contribution in [0.5, 0.6) is 0 Å². The fraction of sp³-hybridized carbons (Fsp3) is 0.917. The molecule has 3 aliphatic rings. The van der Waals surface area contributed by atoms with Gasteiger partial charge >= 0.3 is 0 Å². The molecule has 0 radical (unpaired) electrons. The molecule has 8 heteroatoms. The highest BCUT2D eigenvalue weighted by atomic mass is 35.6. The van der Waals surface area contributed by atoms with Gasteiger partial charge in [0.15, 0.2) is 5.79 Å². The molecule has 0 aromatic rings. The topological polar surface area (TPSA) is 49.3 Å². The van der Waals surface area contributed by atoms with Crippen LogP contribution in [0.1, 0.15) is 20.8 Å². The largest absolute Gasteiger partial charge is 0.446 e. The summed E-state index contributed by atoms with van der Waals surface area (Å²) in [6, 6.07) is -0.240. The normalized spacial score (nSPS) is 43.3. The van der Waals surface area contributed by atoms with Gasteiger partial charge in [0.25, 0.3) is 3.79 Å². The second kappa shape index (κ2) is 4.86. The second-order valence-electron chi connectivity index (χ2n) is 5.74. The van der Waals surface area contributed by atoms with Crippen LogP contribution in [-0.4, -0.2) is 46.6 Å². The molecule has 0 spiro atoms. The summed E-state index contributed by atoms with van der Waals surface area (Å²) in [5, 5.41) is 0.